The molecule has 0 aromatic heterocycles. The molecule has 0 saturated carbocycles. The van der Waals surface area contributed by atoms with E-state index in [-0.39, 0.29) is 65.1 Å². The average Bonchev–Trinajstić information content (AvgIpc) is 4.09. The Hall–Kier alpha value is -6.81. The van der Waals surface area contributed by atoms with E-state index in [9.17, 15) is 37.9 Å². The maximum Gasteiger partial charge on any atom is 0.410 e. The van der Waals surface area contributed by atoms with Crippen LogP contribution < -0.4 is 10.6 Å². The van der Waals surface area contributed by atoms with Crippen LogP contribution in [0.1, 0.15) is 103 Å². The molecule has 3 N–H and O–H groups in total. The molecule has 8 rings (SSSR count). The Balaban J connectivity index is 0.000000247. The van der Waals surface area contributed by atoms with E-state index in [2.05, 4.69) is 20.6 Å². The molecule has 4 amide bonds. The molecule has 4 aliphatic heterocycles. The molecule has 0 radical (unpaired) electrons. The zero-order valence-corrected chi connectivity index (χ0v) is 37.9. The quantitative estimate of drug-likeness (QED) is 0.116. The number of nitrogens with one attached hydrogen (secondary N) is 2. The second-order valence-corrected chi connectivity index (χ2v) is 19.0. The molecule has 2 atom stereocenters. The van der Waals surface area contributed by atoms with Crippen LogP contribution in [0.25, 0.3) is 0 Å². The number of carbonyl (C=O) groups is 5. The molecule has 2 fully saturated rings. The highest BCUT2D eigenvalue weighted by Crippen LogP contribution is 2.35. The van der Waals surface area contributed by atoms with Crippen molar-refractivity contribution in [2.45, 2.75) is 93.5 Å². The number of rotatable bonds is 8. The number of likely N-dealkylation sites (tertiary alicyclic amines) is 2. The van der Waals surface area contributed by atoms with Crippen molar-refractivity contribution < 1.29 is 47.3 Å². The van der Waals surface area contributed by atoms with Crippen molar-refractivity contribution in [3.63, 3.8) is 0 Å². The fourth-order valence-corrected chi connectivity index (χ4v) is 8.14. The first-order valence-corrected chi connectivity index (χ1v) is 21.7. The van der Waals surface area contributed by atoms with Gasteiger partial charge in [0, 0.05) is 59.8 Å². The van der Waals surface area contributed by atoms with Crippen molar-refractivity contribution in [2.75, 3.05) is 43.4 Å². The molecule has 68 heavy (non-hydrogen) atoms. The van der Waals surface area contributed by atoms with Crippen molar-refractivity contribution >= 4 is 53.1 Å². The molecule has 4 aromatic rings. The second kappa shape index (κ2) is 20.6. The van der Waals surface area contributed by atoms with E-state index >= 15 is 0 Å². The number of hydrogen-bond acceptors (Lipinski definition) is 10. The first-order valence-electron chi connectivity index (χ1n) is 21.7. The summed E-state index contributed by atoms with van der Waals surface area (Å²) in [5.74, 6) is -1.46. The van der Waals surface area contributed by atoms with Gasteiger partial charge in [0.05, 0.1) is 36.5 Å². The lowest BCUT2D eigenvalue weighted by atomic mass is 9.87. The second-order valence-electron chi connectivity index (χ2n) is 19.0. The number of nitrogens with zero attached hydrogens (tertiary/aromatic N) is 4. The highest BCUT2D eigenvalue weighted by molar-refractivity contribution is 6.17. The minimum Gasteiger partial charge on any atom is -0.444 e. The first kappa shape index (κ1) is 52.2. The Morgan fingerprint density at radius 2 is 1.09 bits per heavy atom. The van der Waals surface area contributed by atoms with Crippen LogP contribution in [0.5, 0.6) is 0 Å². The third kappa shape index (κ3) is 11.6. The van der Waals surface area contributed by atoms with Gasteiger partial charge >= 0.3 is 12.2 Å². The van der Waals surface area contributed by atoms with Gasteiger partial charge in [0.25, 0.3) is 0 Å². The summed E-state index contributed by atoms with van der Waals surface area (Å²) in [5, 5.41) is 15.8. The standard InChI is InChI=1S/C25H28FN3O4.C25H26FN3O4.2CH4/c2*1-24(2,3)33-23(32)29-11-10-25(14-29,15-30)22(31)28-19-9-6-17-13-27-21(20(17)12-19)16-4-7-18(26)8-5-16;;/h4-9,12,30H,10-11,13-15H2,1-3H3,(H,28,31);4-9,12,15H,10-11,13-14H2,1-3H3,(H,28,31);2*1H4. The minimum atomic E-state index is -1.34. The van der Waals surface area contributed by atoms with Gasteiger partial charge in [0.2, 0.25) is 11.8 Å². The van der Waals surface area contributed by atoms with Crippen LogP contribution in [-0.2, 0) is 36.9 Å². The van der Waals surface area contributed by atoms with Crippen LogP contribution in [0.3, 0.4) is 0 Å². The zero-order valence-electron chi connectivity index (χ0n) is 37.9. The predicted octanol–water partition coefficient (Wildman–Crippen LogP) is 8.95. The first-order chi connectivity index (χ1) is 31.2. The van der Waals surface area contributed by atoms with Crippen LogP contribution in [0.2, 0.25) is 0 Å². The summed E-state index contributed by atoms with van der Waals surface area (Å²) >= 11 is 0. The lowest BCUT2D eigenvalue weighted by Crippen LogP contribution is -2.43. The molecular weight excluding hydrogens is 875 g/mol. The monoisotopic (exact) mass is 936 g/mol. The predicted molar refractivity (Wildman–Crippen MR) is 258 cm³/mol. The number of aliphatic imine (C=N–C) groups is 2. The van der Waals surface area contributed by atoms with Gasteiger partial charge in [0.1, 0.15) is 34.5 Å². The Labute approximate surface area is 396 Å². The molecule has 2 saturated heterocycles. The van der Waals surface area contributed by atoms with Gasteiger partial charge in [-0.2, -0.15) is 0 Å². The highest BCUT2D eigenvalue weighted by Gasteiger charge is 2.48. The number of aliphatic hydroxyl groups is 1. The summed E-state index contributed by atoms with van der Waals surface area (Å²) in [6.45, 7) is 11.9. The Kier molecular flexibility index (Phi) is 15.8. The van der Waals surface area contributed by atoms with E-state index < -0.39 is 40.1 Å². The summed E-state index contributed by atoms with van der Waals surface area (Å²) in [6, 6.07) is 23.2. The molecular formula is C52H62F2N6O8. The average molecular weight is 937 g/mol. The largest absolute Gasteiger partial charge is 0.444 e. The van der Waals surface area contributed by atoms with Gasteiger partial charge in [-0.25, -0.2) is 18.4 Å². The van der Waals surface area contributed by atoms with Crippen LogP contribution >= 0.6 is 0 Å². The van der Waals surface area contributed by atoms with E-state index in [1.165, 1.54) is 34.1 Å². The lowest BCUT2D eigenvalue weighted by Gasteiger charge is -2.27. The molecule has 16 heteroatoms. The van der Waals surface area contributed by atoms with Crippen LogP contribution in [0.15, 0.2) is 94.9 Å². The number of anilines is 2. The third-order valence-corrected chi connectivity index (χ3v) is 11.7. The Bertz CT molecular complexity index is 2600. The smallest absolute Gasteiger partial charge is 0.410 e. The third-order valence-electron chi connectivity index (χ3n) is 11.7. The SMILES string of the molecule is C.C.CC(C)(C)OC(=O)N1CCC(C=O)(C(=O)Nc2ccc3c(c2)C(c2ccc(F)cc2)=NC3)C1.CC(C)(C)OC(=O)N1CCC(CO)(C(=O)Nc2ccc3c(c2)C(c2ccc(F)cc2)=NC3)C1. The number of fused-ring (bicyclic) bond motifs is 2. The molecule has 14 nitrogen and oxygen atoms in total. The number of ether oxygens (including phenoxy) is 2. The molecule has 0 spiro atoms. The number of aldehydes is 1. The van der Waals surface area contributed by atoms with Gasteiger partial charge < -0.3 is 39.8 Å². The van der Waals surface area contributed by atoms with Gasteiger partial charge in [-0.3, -0.25) is 19.6 Å². The molecule has 0 aliphatic carbocycles. The van der Waals surface area contributed by atoms with Crippen LogP contribution in [-0.4, -0.2) is 101 Å². The van der Waals surface area contributed by atoms with E-state index in [0.29, 0.717) is 43.7 Å². The fraction of sp³-hybridized carbons (Fsp3) is 0.404. The number of aliphatic hydroxyl groups excluding tert-OH is 1. The Morgan fingerprint density at radius 3 is 1.51 bits per heavy atom. The highest BCUT2D eigenvalue weighted by atomic mass is 19.1. The van der Waals surface area contributed by atoms with Gasteiger partial charge in [-0.05, 0) is 138 Å². The van der Waals surface area contributed by atoms with Gasteiger partial charge in [-0.1, -0.05) is 27.0 Å². The molecule has 0 bridgehead atoms. The lowest BCUT2D eigenvalue weighted by molar-refractivity contribution is -0.131. The van der Waals surface area contributed by atoms with Gasteiger partial charge in [0.15, 0.2) is 0 Å². The van der Waals surface area contributed by atoms with Crippen molar-refractivity contribution in [3.8, 4) is 0 Å². The summed E-state index contributed by atoms with van der Waals surface area (Å²) in [4.78, 5) is 75.1. The van der Waals surface area contributed by atoms with Crippen molar-refractivity contribution in [2.24, 2.45) is 20.8 Å². The number of carbonyl (C=O) groups excluding carboxylic acids is 5. The van der Waals surface area contributed by atoms with E-state index in [4.69, 9.17) is 9.47 Å². The van der Waals surface area contributed by atoms with Crippen molar-refractivity contribution in [1.29, 1.82) is 0 Å². The van der Waals surface area contributed by atoms with Crippen LogP contribution in [0, 0.1) is 22.5 Å². The molecule has 2 unspecified atom stereocenters. The minimum absolute atomic E-state index is 0. The topological polar surface area (TPSA) is 179 Å². The van der Waals surface area contributed by atoms with E-state index in [1.807, 2.05) is 24.3 Å². The molecule has 4 aromatic carbocycles. The fourth-order valence-electron chi connectivity index (χ4n) is 8.14. The van der Waals surface area contributed by atoms with E-state index in [0.717, 1.165) is 44.8 Å². The number of hydrogen-bond donors (Lipinski definition) is 3. The summed E-state index contributed by atoms with van der Waals surface area (Å²) < 4.78 is 37.4. The maximum atomic E-state index is 13.3. The Morgan fingerprint density at radius 1 is 0.662 bits per heavy atom. The molecule has 4 aliphatic rings. The maximum absolute atomic E-state index is 13.3. The summed E-state index contributed by atoms with van der Waals surface area (Å²) in [7, 11) is 0. The molecule has 4 heterocycles. The van der Waals surface area contributed by atoms with E-state index in [1.54, 1.807) is 77.9 Å². The van der Waals surface area contributed by atoms with Crippen molar-refractivity contribution in [3.05, 3.63) is 130 Å². The number of amides is 4. The van der Waals surface area contributed by atoms with Crippen LogP contribution in [0.4, 0.5) is 29.7 Å². The van der Waals surface area contributed by atoms with Gasteiger partial charge in [-0.15, -0.1) is 0 Å². The van der Waals surface area contributed by atoms with Crippen molar-refractivity contribution in [1.82, 2.24) is 9.80 Å². The summed E-state index contributed by atoms with van der Waals surface area (Å²) in [5.41, 5.74) is 4.12. The molecule has 362 valence electrons. The number of halogens is 2. The zero-order chi connectivity index (χ0) is 47.6. The number of benzene rings is 4. The normalized spacial score (nSPS) is 19.1. The summed E-state index contributed by atoms with van der Waals surface area (Å²) in [6.07, 6.45) is 0.127.